The van der Waals surface area contributed by atoms with Crippen LogP contribution in [0.1, 0.15) is 29.3 Å². The number of nitrogens with zero attached hydrogens (tertiary/aromatic N) is 1. The average molecular weight is 366 g/mol. The molecule has 1 aliphatic carbocycles. The zero-order valence-electron chi connectivity index (χ0n) is 14.2. The summed E-state index contributed by atoms with van der Waals surface area (Å²) in [6.45, 7) is 0.207. The lowest BCUT2D eigenvalue weighted by atomic mass is 9.82. The molecule has 1 amide bonds. The van der Waals surface area contributed by atoms with Crippen LogP contribution in [0.25, 0.3) is 10.2 Å². The SMILES string of the molecule is O=C(NCc1ccccc1F)C1CC=CCC1c1nc2ccccc2s1. The number of rotatable bonds is 4. The normalized spacial score (nSPS) is 19.6. The minimum Gasteiger partial charge on any atom is -0.352 e. The number of hydrogen-bond donors (Lipinski definition) is 1. The van der Waals surface area contributed by atoms with Crippen LogP contribution in [-0.2, 0) is 11.3 Å². The highest BCUT2D eigenvalue weighted by molar-refractivity contribution is 7.18. The van der Waals surface area contributed by atoms with E-state index in [1.54, 1.807) is 29.5 Å². The number of allylic oxidation sites excluding steroid dienone is 2. The van der Waals surface area contributed by atoms with Gasteiger partial charge < -0.3 is 5.32 Å². The van der Waals surface area contributed by atoms with Gasteiger partial charge in [0, 0.05) is 18.0 Å². The lowest BCUT2D eigenvalue weighted by molar-refractivity contribution is -0.125. The predicted molar refractivity (Wildman–Crippen MR) is 102 cm³/mol. The maximum atomic E-state index is 13.8. The van der Waals surface area contributed by atoms with E-state index in [1.807, 2.05) is 18.2 Å². The highest BCUT2D eigenvalue weighted by Crippen LogP contribution is 2.38. The van der Waals surface area contributed by atoms with Crippen molar-refractivity contribution in [3.05, 3.63) is 77.1 Å². The summed E-state index contributed by atoms with van der Waals surface area (Å²) in [5.41, 5.74) is 1.48. The summed E-state index contributed by atoms with van der Waals surface area (Å²) in [5.74, 6) is -0.439. The number of aromatic nitrogens is 1. The van der Waals surface area contributed by atoms with Crippen LogP contribution in [0.4, 0.5) is 4.39 Å². The van der Waals surface area contributed by atoms with Gasteiger partial charge in [-0.05, 0) is 31.0 Å². The molecule has 4 rings (SSSR count). The van der Waals surface area contributed by atoms with Crippen LogP contribution in [0.3, 0.4) is 0 Å². The topological polar surface area (TPSA) is 42.0 Å². The van der Waals surface area contributed by atoms with Crippen molar-refractivity contribution >= 4 is 27.5 Å². The fourth-order valence-electron chi connectivity index (χ4n) is 3.38. The van der Waals surface area contributed by atoms with Crippen molar-refractivity contribution in [2.75, 3.05) is 0 Å². The molecule has 0 radical (unpaired) electrons. The number of nitrogens with one attached hydrogen (secondary N) is 1. The Labute approximate surface area is 155 Å². The van der Waals surface area contributed by atoms with Gasteiger partial charge in [0.2, 0.25) is 5.91 Å². The smallest absolute Gasteiger partial charge is 0.224 e. The number of carbonyl (C=O) groups excluding carboxylic acids is 1. The quantitative estimate of drug-likeness (QED) is 0.674. The number of amides is 1. The molecular formula is C21H19FN2OS. The van der Waals surface area contributed by atoms with Crippen molar-refractivity contribution in [2.24, 2.45) is 5.92 Å². The third kappa shape index (κ3) is 3.40. The largest absolute Gasteiger partial charge is 0.352 e. The van der Waals surface area contributed by atoms with Crippen LogP contribution < -0.4 is 5.32 Å². The van der Waals surface area contributed by atoms with Gasteiger partial charge in [0.05, 0.1) is 21.1 Å². The minimum atomic E-state index is -0.293. The van der Waals surface area contributed by atoms with Gasteiger partial charge in [-0.25, -0.2) is 9.37 Å². The summed E-state index contributed by atoms with van der Waals surface area (Å²) in [7, 11) is 0. The van der Waals surface area contributed by atoms with Crippen LogP contribution >= 0.6 is 11.3 Å². The number of hydrogen-bond acceptors (Lipinski definition) is 3. The Morgan fingerprint density at radius 3 is 2.73 bits per heavy atom. The van der Waals surface area contributed by atoms with E-state index >= 15 is 0 Å². The van der Waals surface area contributed by atoms with E-state index < -0.39 is 0 Å². The molecule has 0 saturated carbocycles. The monoisotopic (exact) mass is 366 g/mol. The molecule has 2 atom stereocenters. The lowest BCUT2D eigenvalue weighted by Crippen LogP contribution is -2.34. The molecule has 1 aliphatic rings. The first-order valence-corrected chi connectivity index (χ1v) is 9.55. The molecule has 2 unspecified atom stereocenters. The molecule has 26 heavy (non-hydrogen) atoms. The summed E-state index contributed by atoms with van der Waals surface area (Å²) >= 11 is 1.66. The van der Waals surface area contributed by atoms with Crippen molar-refractivity contribution in [1.82, 2.24) is 10.3 Å². The van der Waals surface area contributed by atoms with Crippen LogP contribution in [-0.4, -0.2) is 10.9 Å². The first-order chi connectivity index (χ1) is 12.7. The van der Waals surface area contributed by atoms with Gasteiger partial charge in [0.25, 0.3) is 0 Å². The van der Waals surface area contributed by atoms with Crippen LogP contribution in [0, 0.1) is 11.7 Å². The van der Waals surface area contributed by atoms with Gasteiger partial charge in [-0.3, -0.25) is 4.79 Å². The number of halogens is 1. The first kappa shape index (κ1) is 16.9. The van der Waals surface area contributed by atoms with E-state index in [0.29, 0.717) is 12.0 Å². The van der Waals surface area contributed by atoms with Crippen LogP contribution in [0.2, 0.25) is 0 Å². The molecule has 0 fully saturated rings. The Kier molecular flexibility index (Phi) is 4.80. The lowest BCUT2D eigenvalue weighted by Gasteiger charge is -2.26. The molecule has 2 aromatic carbocycles. The van der Waals surface area contributed by atoms with Gasteiger partial charge in [0.15, 0.2) is 0 Å². The fourth-order valence-corrected chi connectivity index (χ4v) is 4.53. The number of thiazole rings is 1. The summed E-state index contributed by atoms with van der Waals surface area (Å²) in [4.78, 5) is 17.5. The average Bonchev–Trinajstić information content (AvgIpc) is 3.11. The van der Waals surface area contributed by atoms with E-state index in [2.05, 4.69) is 23.5 Å². The predicted octanol–water partition coefficient (Wildman–Crippen LogP) is 4.80. The Bertz CT molecular complexity index is 932. The summed E-state index contributed by atoms with van der Waals surface area (Å²) in [6.07, 6.45) is 5.66. The summed E-state index contributed by atoms with van der Waals surface area (Å²) in [5, 5.41) is 3.91. The standard InChI is InChI=1S/C21H19FN2OS/c22-17-10-4-1-7-14(17)13-23-20(25)15-8-2-3-9-16(15)21-24-18-11-5-6-12-19(18)26-21/h1-7,10-12,15-16H,8-9,13H2,(H,23,25). The molecule has 0 aliphatic heterocycles. The van der Waals surface area contributed by atoms with E-state index in [4.69, 9.17) is 4.98 Å². The van der Waals surface area contributed by atoms with Gasteiger partial charge in [0.1, 0.15) is 5.82 Å². The highest BCUT2D eigenvalue weighted by atomic mass is 32.1. The number of para-hydroxylation sites is 1. The Balaban J connectivity index is 1.52. The van der Waals surface area contributed by atoms with Crippen molar-refractivity contribution in [3.63, 3.8) is 0 Å². The van der Waals surface area contributed by atoms with Crippen molar-refractivity contribution in [3.8, 4) is 0 Å². The molecule has 5 heteroatoms. The summed E-state index contributed by atoms with van der Waals surface area (Å²) in [6, 6.07) is 14.6. The molecule has 3 nitrogen and oxygen atoms in total. The van der Waals surface area contributed by atoms with E-state index in [1.165, 1.54) is 6.07 Å². The zero-order valence-corrected chi connectivity index (χ0v) is 15.0. The van der Waals surface area contributed by atoms with Crippen LogP contribution in [0.15, 0.2) is 60.7 Å². The van der Waals surface area contributed by atoms with Crippen molar-refractivity contribution in [2.45, 2.75) is 25.3 Å². The highest BCUT2D eigenvalue weighted by Gasteiger charge is 2.32. The van der Waals surface area contributed by atoms with Crippen molar-refractivity contribution in [1.29, 1.82) is 0 Å². The maximum Gasteiger partial charge on any atom is 0.224 e. The second-order valence-corrected chi connectivity index (χ2v) is 7.55. The fraction of sp³-hybridized carbons (Fsp3) is 0.238. The maximum absolute atomic E-state index is 13.8. The molecule has 132 valence electrons. The summed E-state index contributed by atoms with van der Waals surface area (Å²) < 4.78 is 14.9. The van der Waals surface area contributed by atoms with E-state index in [9.17, 15) is 9.18 Å². The van der Waals surface area contributed by atoms with Crippen LogP contribution in [0.5, 0.6) is 0 Å². The van der Waals surface area contributed by atoms with Gasteiger partial charge in [-0.1, -0.05) is 42.5 Å². The number of fused-ring (bicyclic) bond motifs is 1. The molecule has 0 saturated heterocycles. The van der Waals surface area contributed by atoms with E-state index in [0.717, 1.165) is 21.6 Å². The first-order valence-electron chi connectivity index (χ1n) is 8.74. The molecule has 0 spiro atoms. The second kappa shape index (κ2) is 7.38. The van der Waals surface area contributed by atoms with Gasteiger partial charge >= 0.3 is 0 Å². The number of benzene rings is 2. The molecule has 0 bridgehead atoms. The zero-order chi connectivity index (χ0) is 17.9. The third-order valence-corrected chi connectivity index (χ3v) is 5.98. The van der Waals surface area contributed by atoms with Crippen molar-refractivity contribution < 1.29 is 9.18 Å². The van der Waals surface area contributed by atoms with E-state index in [-0.39, 0.29) is 30.1 Å². The molecular weight excluding hydrogens is 347 g/mol. The van der Waals surface area contributed by atoms with Gasteiger partial charge in [-0.2, -0.15) is 0 Å². The molecule has 3 aromatic rings. The van der Waals surface area contributed by atoms with Gasteiger partial charge in [-0.15, -0.1) is 11.3 Å². The Morgan fingerprint density at radius 1 is 1.12 bits per heavy atom. The minimum absolute atomic E-state index is 0.0399. The third-order valence-electron chi connectivity index (χ3n) is 4.81. The molecule has 1 heterocycles. The molecule has 1 N–H and O–H groups in total. The molecule has 1 aromatic heterocycles. The second-order valence-electron chi connectivity index (χ2n) is 6.48. The Hall–Kier alpha value is -2.53. The Morgan fingerprint density at radius 2 is 1.88 bits per heavy atom. The number of carbonyl (C=O) groups is 1.